The van der Waals surface area contributed by atoms with E-state index >= 15 is 0 Å². The van der Waals surface area contributed by atoms with Gasteiger partial charge in [-0.15, -0.1) is 23.1 Å². The van der Waals surface area contributed by atoms with Crippen LogP contribution in [-0.2, 0) is 12.2 Å². The fourth-order valence-electron chi connectivity index (χ4n) is 2.85. The quantitative estimate of drug-likeness (QED) is 0.377. The zero-order chi connectivity index (χ0) is 17.1. The number of thioether (sulfide) groups is 1. The van der Waals surface area contributed by atoms with Gasteiger partial charge in [0.25, 0.3) is 0 Å². The highest BCUT2D eigenvalue weighted by molar-refractivity contribution is 7.98. The van der Waals surface area contributed by atoms with Gasteiger partial charge < -0.3 is 0 Å². The van der Waals surface area contributed by atoms with Gasteiger partial charge in [-0.2, -0.15) is 0 Å². The Balaban J connectivity index is 1.45. The molecule has 1 nitrogen and oxygen atoms in total. The van der Waals surface area contributed by atoms with Gasteiger partial charge in [0.05, 0.1) is 10.7 Å². The number of thiazole rings is 1. The number of nitrogens with zero attached hydrogens (tertiary/aromatic N) is 1. The van der Waals surface area contributed by atoms with E-state index in [1.807, 2.05) is 11.8 Å². The Morgan fingerprint density at radius 2 is 1.72 bits per heavy atom. The van der Waals surface area contributed by atoms with E-state index in [2.05, 4.69) is 79.0 Å². The predicted molar refractivity (Wildman–Crippen MR) is 110 cm³/mol. The normalized spacial score (nSPS) is 11.1. The van der Waals surface area contributed by atoms with Crippen LogP contribution >= 0.6 is 23.1 Å². The summed E-state index contributed by atoms with van der Waals surface area (Å²) in [6, 6.07) is 23.8. The van der Waals surface area contributed by atoms with Crippen molar-refractivity contribution in [1.82, 2.24) is 4.98 Å². The maximum atomic E-state index is 4.82. The second-order valence-corrected chi connectivity index (χ2v) is 8.12. The summed E-state index contributed by atoms with van der Waals surface area (Å²) in [7, 11) is 0. The third kappa shape index (κ3) is 3.94. The van der Waals surface area contributed by atoms with Crippen molar-refractivity contribution in [1.29, 1.82) is 0 Å². The maximum absolute atomic E-state index is 4.82. The Kier molecular flexibility index (Phi) is 4.86. The fourth-order valence-corrected chi connectivity index (χ4v) is 4.75. The molecule has 3 heteroatoms. The number of rotatable bonds is 5. The Bertz CT molecular complexity index is 981. The van der Waals surface area contributed by atoms with Gasteiger partial charge in [0, 0.05) is 22.4 Å². The lowest BCUT2D eigenvalue weighted by molar-refractivity contribution is 1.09. The minimum atomic E-state index is 0.915. The first kappa shape index (κ1) is 16.4. The van der Waals surface area contributed by atoms with E-state index in [0.717, 1.165) is 12.2 Å². The summed E-state index contributed by atoms with van der Waals surface area (Å²) < 4.78 is 0. The molecule has 1 aromatic heterocycles. The first-order valence-electron chi connectivity index (χ1n) is 8.37. The van der Waals surface area contributed by atoms with E-state index in [1.54, 1.807) is 11.3 Å². The molecule has 0 amide bonds. The minimum absolute atomic E-state index is 0.915. The number of aryl methyl sites for hydroxylation is 1. The van der Waals surface area contributed by atoms with Crippen LogP contribution in [0.15, 0.2) is 77.0 Å². The van der Waals surface area contributed by atoms with Crippen molar-refractivity contribution in [2.24, 2.45) is 0 Å². The van der Waals surface area contributed by atoms with Gasteiger partial charge in [-0.25, -0.2) is 4.98 Å². The number of hydrogen-bond acceptors (Lipinski definition) is 3. The summed E-state index contributed by atoms with van der Waals surface area (Å²) in [5.41, 5.74) is 3.80. The largest absolute Gasteiger partial charge is 0.245 e. The molecule has 0 saturated heterocycles. The summed E-state index contributed by atoms with van der Waals surface area (Å²) in [6.45, 7) is 2.12. The molecule has 4 aromatic rings. The van der Waals surface area contributed by atoms with Crippen molar-refractivity contribution < 1.29 is 0 Å². The Morgan fingerprint density at radius 1 is 0.920 bits per heavy atom. The SMILES string of the molecule is Cc1ccc(Cc2nc(CSc3cccc4ccccc34)cs2)cc1. The van der Waals surface area contributed by atoms with E-state index in [9.17, 15) is 0 Å². The maximum Gasteiger partial charge on any atom is 0.0972 e. The molecule has 0 bridgehead atoms. The molecule has 1 heterocycles. The summed E-state index contributed by atoms with van der Waals surface area (Å²) in [6.07, 6.45) is 0.921. The lowest BCUT2D eigenvalue weighted by Crippen LogP contribution is -1.89. The first-order chi connectivity index (χ1) is 12.3. The van der Waals surface area contributed by atoms with Crippen molar-refractivity contribution in [3.05, 3.63) is 93.9 Å². The van der Waals surface area contributed by atoms with Crippen LogP contribution in [0.25, 0.3) is 10.8 Å². The average molecular weight is 362 g/mol. The molecule has 0 spiro atoms. The molecule has 4 rings (SSSR count). The predicted octanol–water partition coefficient (Wildman–Crippen LogP) is 6.49. The third-order valence-corrected chi connectivity index (χ3v) is 6.21. The minimum Gasteiger partial charge on any atom is -0.245 e. The summed E-state index contributed by atoms with van der Waals surface area (Å²) in [4.78, 5) is 6.15. The zero-order valence-corrected chi connectivity index (χ0v) is 15.7. The summed E-state index contributed by atoms with van der Waals surface area (Å²) in [5, 5.41) is 6.01. The van der Waals surface area contributed by atoms with Gasteiger partial charge >= 0.3 is 0 Å². The topological polar surface area (TPSA) is 12.9 Å². The van der Waals surface area contributed by atoms with Crippen LogP contribution < -0.4 is 0 Å². The smallest absolute Gasteiger partial charge is 0.0972 e. The lowest BCUT2D eigenvalue weighted by Gasteiger charge is -2.05. The van der Waals surface area contributed by atoms with Gasteiger partial charge in [0.15, 0.2) is 0 Å². The average Bonchev–Trinajstić information content (AvgIpc) is 3.09. The van der Waals surface area contributed by atoms with Gasteiger partial charge in [0.1, 0.15) is 0 Å². The number of aromatic nitrogens is 1. The van der Waals surface area contributed by atoms with Gasteiger partial charge in [-0.1, -0.05) is 66.2 Å². The van der Waals surface area contributed by atoms with Crippen LogP contribution in [0.5, 0.6) is 0 Å². The second kappa shape index (κ2) is 7.42. The molecule has 0 aliphatic rings. The Labute approximate surface area is 156 Å². The second-order valence-electron chi connectivity index (χ2n) is 6.16. The number of benzene rings is 3. The molecule has 0 unspecified atom stereocenters. The van der Waals surface area contributed by atoms with Gasteiger partial charge in [0.2, 0.25) is 0 Å². The molecule has 0 fully saturated rings. The monoisotopic (exact) mass is 361 g/mol. The summed E-state index contributed by atoms with van der Waals surface area (Å²) >= 11 is 3.63. The van der Waals surface area contributed by atoms with E-state index in [-0.39, 0.29) is 0 Å². The van der Waals surface area contributed by atoms with Crippen LogP contribution in [0.3, 0.4) is 0 Å². The molecular formula is C22H19NS2. The van der Waals surface area contributed by atoms with Crippen LogP contribution in [0, 0.1) is 6.92 Å². The molecule has 124 valence electrons. The highest BCUT2D eigenvalue weighted by atomic mass is 32.2. The van der Waals surface area contributed by atoms with Crippen molar-refractivity contribution in [2.75, 3.05) is 0 Å². The highest BCUT2D eigenvalue weighted by Gasteiger charge is 2.06. The molecule has 0 aliphatic heterocycles. The van der Waals surface area contributed by atoms with E-state index < -0.39 is 0 Å². The van der Waals surface area contributed by atoms with E-state index in [1.165, 1.54) is 37.5 Å². The zero-order valence-electron chi connectivity index (χ0n) is 14.1. The number of fused-ring (bicyclic) bond motifs is 1. The van der Waals surface area contributed by atoms with Crippen LogP contribution in [0.1, 0.15) is 21.8 Å². The van der Waals surface area contributed by atoms with Gasteiger partial charge in [-0.05, 0) is 29.3 Å². The summed E-state index contributed by atoms with van der Waals surface area (Å²) in [5.74, 6) is 0.915. The number of hydrogen-bond donors (Lipinski definition) is 0. The van der Waals surface area contributed by atoms with Crippen molar-refractivity contribution in [3.8, 4) is 0 Å². The van der Waals surface area contributed by atoms with Crippen molar-refractivity contribution in [2.45, 2.75) is 24.0 Å². The van der Waals surface area contributed by atoms with Crippen LogP contribution in [0.4, 0.5) is 0 Å². The lowest BCUT2D eigenvalue weighted by atomic mass is 10.1. The van der Waals surface area contributed by atoms with Crippen molar-refractivity contribution >= 4 is 33.9 Å². The van der Waals surface area contributed by atoms with E-state index in [0.29, 0.717) is 0 Å². The standard InChI is InChI=1S/C22H19NS2/c1-16-9-11-17(12-10-16)13-22-23-19(15-25-22)14-24-21-8-4-6-18-5-2-3-7-20(18)21/h2-12,15H,13-14H2,1H3. The van der Waals surface area contributed by atoms with Crippen LogP contribution in [0.2, 0.25) is 0 Å². The van der Waals surface area contributed by atoms with Crippen molar-refractivity contribution in [3.63, 3.8) is 0 Å². The molecule has 0 saturated carbocycles. The Hall–Kier alpha value is -2.10. The van der Waals surface area contributed by atoms with Crippen LogP contribution in [-0.4, -0.2) is 4.98 Å². The molecular weight excluding hydrogens is 342 g/mol. The Morgan fingerprint density at radius 3 is 2.60 bits per heavy atom. The molecule has 0 atom stereocenters. The fraction of sp³-hybridized carbons (Fsp3) is 0.136. The molecule has 0 radical (unpaired) electrons. The van der Waals surface area contributed by atoms with E-state index in [4.69, 9.17) is 4.98 Å². The molecule has 3 aromatic carbocycles. The molecule has 0 N–H and O–H groups in total. The molecule has 25 heavy (non-hydrogen) atoms. The third-order valence-electron chi connectivity index (χ3n) is 4.20. The molecule has 0 aliphatic carbocycles. The highest BCUT2D eigenvalue weighted by Crippen LogP contribution is 2.30. The van der Waals surface area contributed by atoms with Gasteiger partial charge in [-0.3, -0.25) is 0 Å². The first-order valence-corrected chi connectivity index (χ1v) is 10.2.